The van der Waals surface area contributed by atoms with Crippen LogP contribution < -0.4 is 4.74 Å². The molecule has 0 aliphatic heterocycles. The molecule has 3 rings (SSSR count). The molecule has 1 aliphatic carbocycles. The Bertz CT molecular complexity index is 704. The zero-order valence-corrected chi connectivity index (χ0v) is 21.8. The van der Waals surface area contributed by atoms with Gasteiger partial charge in [0, 0.05) is 37.3 Å². The number of hydrogen-bond donors (Lipinski definition) is 1. The fourth-order valence-electron chi connectivity index (χ4n) is 2.84. The molecule has 0 spiro atoms. The van der Waals surface area contributed by atoms with Crippen LogP contribution in [0.15, 0.2) is 42.5 Å². The van der Waals surface area contributed by atoms with E-state index in [-0.39, 0.29) is 32.9 Å². The van der Waals surface area contributed by atoms with Crippen LogP contribution in [0.1, 0.15) is 37.5 Å². The van der Waals surface area contributed by atoms with Gasteiger partial charge >= 0.3 is 0 Å². The van der Waals surface area contributed by atoms with Crippen molar-refractivity contribution in [3.05, 3.63) is 65.6 Å². The Morgan fingerprint density at radius 2 is 1.69 bits per heavy atom. The van der Waals surface area contributed by atoms with Crippen LogP contribution in [0, 0.1) is 6.42 Å². The first kappa shape index (κ1) is 27.8. The van der Waals surface area contributed by atoms with E-state index in [0.29, 0.717) is 11.8 Å². The van der Waals surface area contributed by atoms with Crippen LogP contribution in [0.3, 0.4) is 0 Å². The van der Waals surface area contributed by atoms with Gasteiger partial charge in [-0.25, -0.2) is 0 Å². The Morgan fingerprint density at radius 1 is 1.10 bits per heavy atom. The molecule has 2 aromatic carbocycles. The van der Waals surface area contributed by atoms with Crippen LogP contribution in [0.2, 0.25) is 13.1 Å². The average molecular weight is 447 g/mol. The molecule has 0 amide bonds. The van der Waals surface area contributed by atoms with E-state index in [9.17, 15) is 5.11 Å². The standard InChI is InChI=1S/C11H14N.C11H16O2.C2H6Si.Ti/c1-12(2)11-7-9-5-3-4-6-10(9)8-11;1-11(2,3)8-5-9(12)7-10(6-8)13-4;1-3-2;/h3-7,11H,8H2,1-2H3;5-7,12H,1-4H3;1-2H3;/q-1;;;. The fraction of sp³-hybridized carbons (Fsp3) is 0.458. The predicted octanol–water partition coefficient (Wildman–Crippen LogP) is 5.21. The van der Waals surface area contributed by atoms with Crippen molar-refractivity contribution < 1.29 is 31.6 Å². The molecule has 0 saturated carbocycles. The SMILES string of the molecule is CN(C)C1[CH-]c2ccccc2C1.COc1cc(O)cc(C(C)(C)C)c1.C[Si]C.[Ti]. The number of fused-ring (bicyclic) bond motifs is 1. The van der Waals surface area contributed by atoms with E-state index in [4.69, 9.17) is 4.74 Å². The molecule has 2 aromatic rings. The molecule has 158 valence electrons. The molecule has 0 saturated heterocycles. The minimum atomic E-state index is 0. The van der Waals surface area contributed by atoms with Gasteiger partial charge in [-0.15, -0.1) is 17.7 Å². The van der Waals surface area contributed by atoms with Gasteiger partial charge in [0.2, 0.25) is 0 Å². The normalized spacial score (nSPS) is 14.3. The van der Waals surface area contributed by atoms with Gasteiger partial charge in [-0.3, -0.25) is 0 Å². The fourth-order valence-corrected chi connectivity index (χ4v) is 2.84. The number of likely N-dealkylation sites (N-methyl/N-ethyl adjacent to an activating group) is 1. The van der Waals surface area contributed by atoms with Crippen LogP contribution in [-0.4, -0.2) is 46.8 Å². The van der Waals surface area contributed by atoms with Crippen molar-refractivity contribution in [1.29, 1.82) is 0 Å². The molecule has 0 aromatic heterocycles. The maximum Gasteiger partial charge on any atom is 0.122 e. The maximum atomic E-state index is 9.41. The largest absolute Gasteiger partial charge is 0.508 e. The van der Waals surface area contributed by atoms with E-state index >= 15 is 0 Å². The smallest absolute Gasteiger partial charge is 0.122 e. The molecule has 2 radical (unpaired) electrons. The molecular weight excluding hydrogens is 410 g/mol. The summed E-state index contributed by atoms with van der Waals surface area (Å²) in [6.45, 7) is 10.6. The average Bonchev–Trinajstić information content (AvgIpc) is 3.06. The van der Waals surface area contributed by atoms with E-state index in [2.05, 4.69) is 83.5 Å². The van der Waals surface area contributed by atoms with Crippen molar-refractivity contribution in [2.75, 3.05) is 21.2 Å². The number of nitrogens with zero attached hydrogens (tertiary/aromatic N) is 1. The second kappa shape index (κ2) is 13.2. The summed E-state index contributed by atoms with van der Waals surface area (Å²) in [7, 11) is 6.95. The molecule has 1 unspecified atom stereocenters. The van der Waals surface area contributed by atoms with Gasteiger partial charge in [-0.2, -0.15) is 18.1 Å². The van der Waals surface area contributed by atoms with E-state index in [1.165, 1.54) is 17.5 Å². The zero-order chi connectivity index (χ0) is 21.3. The van der Waals surface area contributed by atoms with Crippen molar-refractivity contribution in [2.24, 2.45) is 0 Å². The first-order valence-electron chi connectivity index (χ1n) is 9.68. The Morgan fingerprint density at radius 3 is 2.17 bits per heavy atom. The molecule has 1 N–H and O–H groups in total. The summed E-state index contributed by atoms with van der Waals surface area (Å²) >= 11 is 0. The van der Waals surface area contributed by atoms with Gasteiger partial charge in [0.05, 0.1) is 7.11 Å². The number of phenolic OH excluding ortho intramolecular Hbond substituents is 1. The zero-order valence-electron chi connectivity index (χ0n) is 19.2. The van der Waals surface area contributed by atoms with Crippen LogP contribution in [0.4, 0.5) is 0 Å². The molecule has 29 heavy (non-hydrogen) atoms. The van der Waals surface area contributed by atoms with Crippen LogP contribution >= 0.6 is 0 Å². The van der Waals surface area contributed by atoms with Gasteiger partial charge < -0.3 is 14.7 Å². The molecule has 3 nitrogen and oxygen atoms in total. The number of rotatable bonds is 2. The summed E-state index contributed by atoms with van der Waals surface area (Å²) < 4.78 is 5.07. The van der Waals surface area contributed by atoms with E-state index in [0.717, 1.165) is 15.1 Å². The second-order valence-corrected chi connectivity index (χ2v) is 9.27. The summed E-state index contributed by atoms with van der Waals surface area (Å²) in [4.78, 5) is 2.26. The Labute approximate surface area is 195 Å². The first-order valence-corrected chi connectivity index (χ1v) is 11.7. The van der Waals surface area contributed by atoms with Gasteiger partial charge in [0.25, 0.3) is 0 Å². The minimum Gasteiger partial charge on any atom is -0.508 e. The van der Waals surface area contributed by atoms with Crippen molar-refractivity contribution >= 4 is 9.52 Å². The summed E-state index contributed by atoms with van der Waals surface area (Å²) in [5, 5.41) is 9.41. The number of methoxy groups -OCH3 is 1. The molecule has 1 aliphatic rings. The Hall–Kier alpha value is -1.20. The molecular formula is C24H36NO2SiTi-. The molecule has 0 fully saturated rings. The van der Waals surface area contributed by atoms with Crippen LogP contribution in [0.25, 0.3) is 0 Å². The molecule has 5 heteroatoms. The number of hydrogen-bond acceptors (Lipinski definition) is 3. The summed E-state index contributed by atoms with van der Waals surface area (Å²) in [5.41, 5.74) is 4.00. The van der Waals surface area contributed by atoms with Gasteiger partial charge in [0.15, 0.2) is 0 Å². The maximum absolute atomic E-state index is 9.41. The number of phenols is 1. The molecule has 0 heterocycles. The minimum absolute atomic E-state index is 0. The Balaban J connectivity index is 0.000000463. The van der Waals surface area contributed by atoms with Gasteiger partial charge in [-0.1, -0.05) is 46.4 Å². The second-order valence-electron chi connectivity index (χ2n) is 8.27. The third-order valence-electron chi connectivity index (χ3n) is 4.51. The summed E-state index contributed by atoms with van der Waals surface area (Å²) in [6, 6.07) is 14.5. The third-order valence-corrected chi connectivity index (χ3v) is 4.51. The van der Waals surface area contributed by atoms with Crippen LogP contribution in [0.5, 0.6) is 11.5 Å². The summed E-state index contributed by atoms with van der Waals surface area (Å²) in [6.07, 6.45) is 3.51. The van der Waals surface area contributed by atoms with E-state index in [1.54, 1.807) is 19.2 Å². The quantitative estimate of drug-likeness (QED) is 0.508. The Kier molecular flexibility index (Phi) is 12.6. The predicted molar refractivity (Wildman–Crippen MR) is 122 cm³/mol. The molecule has 0 bridgehead atoms. The van der Waals surface area contributed by atoms with Crippen molar-refractivity contribution in [1.82, 2.24) is 4.90 Å². The van der Waals surface area contributed by atoms with Gasteiger partial charge in [-0.05, 0) is 43.2 Å². The van der Waals surface area contributed by atoms with Crippen LogP contribution in [-0.2, 0) is 33.6 Å². The van der Waals surface area contributed by atoms with Crippen molar-refractivity contribution in [3.63, 3.8) is 0 Å². The molecule has 1 atom stereocenters. The topological polar surface area (TPSA) is 32.7 Å². The third kappa shape index (κ3) is 9.43. The van der Waals surface area contributed by atoms with Gasteiger partial charge in [0.1, 0.15) is 11.5 Å². The van der Waals surface area contributed by atoms with Crippen molar-refractivity contribution in [2.45, 2.75) is 51.7 Å². The van der Waals surface area contributed by atoms with Crippen molar-refractivity contribution in [3.8, 4) is 11.5 Å². The summed E-state index contributed by atoms with van der Waals surface area (Å²) in [5.74, 6) is 0.953. The monoisotopic (exact) mass is 446 g/mol. The van der Waals surface area contributed by atoms with E-state index < -0.39 is 0 Å². The van der Waals surface area contributed by atoms with E-state index in [1.807, 2.05) is 6.07 Å². The number of aromatic hydroxyl groups is 1. The number of ether oxygens (including phenoxy) is 1. The first-order chi connectivity index (χ1) is 13.1. The number of benzene rings is 2.